The van der Waals surface area contributed by atoms with E-state index in [2.05, 4.69) is 5.32 Å². The first-order valence-corrected chi connectivity index (χ1v) is 6.09. The molecule has 1 atom stereocenters. The van der Waals surface area contributed by atoms with Crippen LogP contribution in [0.1, 0.15) is 25.8 Å². The number of Topliss-reactive ketones (excluding diaryl/α,β-unsaturated/α-hetero) is 1. The second kappa shape index (κ2) is 6.72. The van der Waals surface area contributed by atoms with Crippen LogP contribution in [0.4, 0.5) is 4.39 Å². The van der Waals surface area contributed by atoms with Crippen LogP contribution in [0.25, 0.3) is 0 Å². The van der Waals surface area contributed by atoms with Crippen LogP contribution in [-0.2, 0) is 11.2 Å². The van der Waals surface area contributed by atoms with E-state index in [9.17, 15) is 9.18 Å². The van der Waals surface area contributed by atoms with E-state index in [-0.39, 0.29) is 23.3 Å². The number of benzene rings is 1. The van der Waals surface area contributed by atoms with E-state index in [4.69, 9.17) is 11.6 Å². The van der Waals surface area contributed by atoms with Crippen LogP contribution in [0, 0.1) is 5.82 Å². The fourth-order valence-electron chi connectivity index (χ4n) is 1.71. The van der Waals surface area contributed by atoms with Crippen LogP contribution in [0.5, 0.6) is 0 Å². The van der Waals surface area contributed by atoms with E-state index in [0.29, 0.717) is 12.0 Å². The molecule has 94 valence electrons. The average Bonchev–Trinajstić information content (AvgIpc) is 2.23. The van der Waals surface area contributed by atoms with Gasteiger partial charge in [-0.2, -0.15) is 0 Å². The lowest BCUT2D eigenvalue weighted by molar-refractivity contribution is -0.118. The zero-order chi connectivity index (χ0) is 12.8. The number of hydrogen-bond donors (Lipinski definition) is 1. The highest BCUT2D eigenvalue weighted by molar-refractivity contribution is 6.30. The van der Waals surface area contributed by atoms with E-state index in [1.807, 2.05) is 13.8 Å². The summed E-state index contributed by atoms with van der Waals surface area (Å²) >= 11 is 5.57. The lowest BCUT2D eigenvalue weighted by Gasteiger charge is -2.11. The van der Waals surface area contributed by atoms with Gasteiger partial charge in [-0.3, -0.25) is 4.79 Å². The topological polar surface area (TPSA) is 29.1 Å². The van der Waals surface area contributed by atoms with Crippen molar-refractivity contribution in [3.05, 3.63) is 34.6 Å². The summed E-state index contributed by atoms with van der Waals surface area (Å²) in [5.74, 6) is -0.378. The first kappa shape index (κ1) is 14.1. The SMILES string of the molecule is CCNC(C)CC(=O)Cc1ccc(Cl)c(F)c1. The Bertz CT molecular complexity index is 395. The van der Waals surface area contributed by atoms with E-state index >= 15 is 0 Å². The predicted octanol–water partition coefficient (Wildman–Crippen LogP) is 2.98. The number of hydrogen-bond acceptors (Lipinski definition) is 2. The first-order chi connectivity index (χ1) is 8.02. The molecular weight excluding hydrogens is 241 g/mol. The van der Waals surface area contributed by atoms with Crippen LogP contribution in [0.15, 0.2) is 18.2 Å². The van der Waals surface area contributed by atoms with Crippen molar-refractivity contribution in [3.8, 4) is 0 Å². The number of ketones is 1. The van der Waals surface area contributed by atoms with Gasteiger partial charge in [0.05, 0.1) is 5.02 Å². The van der Waals surface area contributed by atoms with Gasteiger partial charge < -0.3 is 5.32 Å². The fraction of sp³-hybridized carbons (Fsp3) is 0.462. The highest BCUT2D eigenvalue weighted by Gasteiger charge is 2.10. The number of nitrogens with one attached hydrogen (secondary N) is 1. The molecule has 0 aliphatic carbocycles. The summed E-state index contributed by atoms with van der Waals surface area (Å²) in [5.41, 5.74) is 0.667. The molecule has 0 aromatic heterocycles. The summed E-state index contributed by atoms with van der Waals surface area (Å²) in [6, 6.07) is 4.64. The Hall–Kier alpha value is -0.930. The van der Waals surface area contributed by atoms with Gasteiger partial charge in [0, 0.05) is 18.9 Å². The summed E-state index contributed by atoms with van der Waals surface area (Å²) in [4.78, 5) is 11.7. The molecule has 1 rings (SSSR count). The Morgan fingerprint density at radius 3 is 2.82 bits per heavy atom. The maximum atomic E-state index is 13.2. The first-order valence-electron chi connectivity index (χ1n) is 5.72. The van der Waals surface area contributed by atoms with Gasteiger partial charge in [-0.25, -0.2) is 4.39 Å². The van der Waals surface area contributed by atoms with Gasteiger partial charge in [0.2, 0.25) is 0 Å². The minimum atomic E-state index is -0.475. The number of halogens is 2. The molecule has 0 radical (unpaired) electrons. The lowest BCUT2D eigenvalue weighted by Crippen LogP contribution is -2.28. The molecule has 0 aliphatic heterocycles. The molecule has 0 aliphatic rings. The van der Waals surface area contributed by atoms with Gasteiger partial charge in [0.25, 0.3) is 0 Å². The van der Waals surface area contributed by atoms with Crippen LogP contribution < -0.4 is 5.32 Å². The van der Waals surface area contributed by atoms with Crippen LogP contribution >= 0.6 is 11.6 Å². The molecule has 0 bridgehead atoms. The normalized spacial score (nSPS) is 12.5. The highest BCUT2D eigenvalue weighted by atomic mass is 35.5. The molecule has 0 saturated carbocycles. The Morgan fingerprint density at radius 2 is 2.24 bits per heavy atom. The molecule has 0 heterocycles. The minimum Gasteiger partial charge on any atom is -0.314 e. The van der Waals surface area contributed by atoms with Gasteiger partial charge in [0.1, 0.15) is 11.6 Å². The quantitative estimate of drug-likeness (QED) is 0.849. The zero-order valence-corrected chi connectivity index (χ0v) is 10.9. The molecule has 1 aromatic carbocycles. The smallest absolute Gasteiger partial charge is 0.142 e. The van der Waals surface area contributed by atoms with Crippen LogP contribution in [0.2, 0.25) is 5.02 Å². The second-order valence-electron chi connectivity index (χ2n) is 4.13. The molecule has 1 unspecified atom stereocenters. The molecule has 17 heavy (non-hydrogen) atoms. The molecule has 0 fully saturated rings. The highest BCUT2D eigenvalue weighted by Crippen LogP contribution is 2.16. The summed E-state index contributed by atoms with van der Waals surface area (Å²) in [6.45, 7) is 4.80. The van der Waals surface area contributed by atoms with Gasteiger partial charge >= 0.3 is 0 Å². The average molecular weight is 258 g/mol. The molecule has 0 saturated heterocycles. The van der Waals surface area contributed by atoms with E-state index < -0.39 is 5.82 Å². The Kier molecular flexibility index (Phi) is 5.59. The molecule has 0 amide bonds. The van der Waals surface area contributed by atoms with Gasteiger partial charge in [0.15, 0.2) is 0 Å². The van der Waals surface area contributed by atoms with Crippen LogP contribution in [0.3, 0.4) is 0 Å². The largest absolute Gasteiger partial charge is 0.314 e. The third-order valence-electron chi connectivity index (χ3n) is 2.47. The molecule has 1 N–H and O–H groups in total. The van der Waals surface area contributed by atoms with Gasteiger partial charge in [-0.1, -0.05) is 24.6 Å². The van der Waals surface area contributed by atoms with Crippen molar-refractivity contribution >= 4 is 17.4 Å². The predicted molar refractivity (Wildman–Crippen MR) is 67.9 cm³/mol. The van der Waals surface area contributed by atoms with Crippen molar-refractivity contribution in [1.29, 1.82) is 0 Å². The Morgan fingerprint density at radius 1 is 1.53 bits per heavy atom. The Balaban J connectivity index is 2.53. The fourth-order valence-corrected chi connectivity index (χ4v) is 1.83. The minimum absolute atomic E-state index is 0.0854. The molecule has 0 spiro atoms. The van der Waals surface area contributed by atoms with Gasteiger partial charge in [-0.15, -0.1) is 0 Å². The van der Waals surface area contributed by atoms with Crippen molar-refractivity contribution < 1.29 is 9.18 Å². The van der Waals surface area contributed by atoms with E-state index in [1.54, 1.807) is 6.07 Å². The van der Waals surface area contributed by atoms with Crippen molar-refractivity contribution in [1.82, 2.24) is 5.32 Å². The molecule has 2 nitrogen and oxygen atoms in total. The second-order valence-corrected chi connectivity index (χ2v) is 4.53. The summed E-state index contributed by atoms with van der Waals surface area (Å²) in [6.07, 6.45) is 0.710. The number of rotatable bonds is 6. The monoisotopic (exact) mass is 257 g/mol. The summed E-state index contributed by atoms with van der Waals surface area (Å²) in [5, 5.41) is 3.25. The molecule has 4 heteroatoms. The maximum Gasteiger partial charge on any atom is 0.142 e. The van der Waals surface area contributed by atoms with Crippen molar-refractivity contribution in [2.75, 3.05) is 6.54 Å². The summed E-state index contributed by atoms with van der Waals surface area (Å²) < 4.78 is 13.2. The number of carbonyl (C=O) groups excluding carboxylic acids is 1. The third kappa shape index (κ3) is 4.84. The van der Waals surface area contributed by atoms with Crippen molar-refractivity contribution in [3.63, 3.8) is 0 Å². The number of carbonyl (C=O) groups is 1. The third-order valence-corrected chi connectivity index (χ3v) is 2.78. The Labute approximate surface area is 106 Å². The zero-order valence-electron chi connectivity index (χ0n) is 10.1. The van der Waals surface area contributed by atoms with E-state index in [0.717, 1.165) is 6.54 Å². The summed E-state index contributed by atoms with van der Waals surface area (Å²) in [7, 11) is 0. The maximum absolute atomic E-state index is 13.2. The van der Waals surface area contributed by atoms with Crippen LogP contribution in [-0.4, -0.2) is 18.4 Å². The van der Waals surface area contributed by atoms with E-state index in [1.165, 1.54) is 12.1 Å². The van der Waals surface area contributed by atoms with Crippen molar-refractivity contribution in [2.45, 2.75) is 32.7 Å². The van der Waals surface area contributed by atoms with Crippen molar-refractivity contribution in [2.24, 2.45) is 0 Å². The molecule has 1 aromatic rings. The van der Waals surface area contributed by atoms with Gasteiger partial charge in [-0.05, 0) is 31.2 Å². The standard InChI is InChI=1S/C13H17ClFNO/c1-3-16-9(2)6-11(17)7-10-4-5-12(14)13(15)8-10/h4-5,8-9,16H,3,6-7H2,1-2H3. The molecular formula is C13H17ClFNO. The lowest BCUT2D eigenvalue weighted by atomic mass is 10.0.